The van der Waals surface area contributed by atoms with Crippen LogP contribution in [0.5, 0.6) is 0 Å². The minimum Gasteiger partial charge on any atom is -0.451 e. The fourth-order valence-corrected chi connectivity index (χ4v) is 6.89. The van der Waals surface area contributed by atoms with Crippen LogP contribution in [0.4, 0.5) is 0 Å². The summed E-state index contributed by atoms with van der Waals surface area (Å²) in [6, 6.07) is 0. The van der Waals surface area contributed by atoms with Gasteiger partial charge in [0.15, 0.2) is 17.5 Å². The van der Waals surface area contributed by atoms with Crippen LogP contribution >= 0.6 is 0 Å². The average molecular weight is 431 g/mol. The predicted octanol–water partition coefficient (Wildman–Crippen LogP) is 2.33. The second-order valence-electron chi connectivity index (χ2n) is 10.6. The van der Waals surface area contributed by atoms with Crippen LogP contribution in [0.15, 0.2) is 34.9 Å². The molecule has 0 unspecified atom stereocenters. The normalized spacial score (nSPS) is 45.6. The largest absolute Gasteiger partial charge is 0.451 e. The zero-order valence-electron chi connectivity index (χ0n) is 19.2. The Morgan fingerprint density at radius 3 is 2.58 bits per heavy atom. The summed E-state index contributed by atoms with van der Waals surface area (Å²) >= 11 is 0. The number of rotatable bonds is 3. The van der Waals surface area contributed by atoms with Gasteiger partial charge in [-0.05, 0) is 61.5 Å². The highest BCUT2D eigenvalue weighted by Gasteiger charge is 2.76. The molecule has 3 N–H and O–H groups in total. The Morgan fingerprint density at radius 1 is 1.35 bits per heavy atom. The molecule has 170 valence electrons. The van der Waals surface area contributed by atoms with Crippen molar-refractivity contribution in [1.29, 1.82) is 0 Å². The Kier molecular flexibility index (Phi) is 4.97. The number of hydrogen-bond donors (Lipinski definition) is 3. The third kappa shape index (κ3) is 2.61. The smallest absolute Gasteiger partial charge is 0.334 e. The van der Waals surface area contributed by atoms with Crippen molar-refractivity contribution in [3.8, 4) is 0 Å². The number of ketones is 1. The fraction of sp³-hybridized carbons (Fsp3) is 0.680. The Hall–Kier alpha value is -1.76. The molecule has 1 spiro atoms. The summed E-state index contributed by atoms with van der Waals surface area (Å²) in [5, 5.41) is 33.7. The third-order valence-electron chi connectivity index (χ3n) is 8.88. The van der Waals surface area contributed by atoms with Crippen molar-refractivity contribution in [2.45, 2.75) is 65.8 Å². The molecule has 0 saturated heterocycles. The number of hydrogen-bond acceptors (Lipinski definition) is 6. The van der Waals surface area contributed by atoms with Crippen LogP contribution in [0.1, 0.15) is 48.0 Å². The number of aliphatic hydroxyl groups is 3. The lowest BCUT2D eigenvalue weighted by atomic mass is 9.59. The maximum atomic E-state index is 14.2. The number of Topliss-reactive ketones (excluding diaryl/α,β-unsaturated/α-hetero) is 1. The van der Waals surface area contributed by atoms with E-state index in [4.69, 9.17) is 4.74 Å². The fourth-order valence-electron chi connectivity index (χ4n) is 6.89. The van der Waals surface area contributed by atoms with Crippen molar-refractivity contribution in [2.24, 2.45) is 34.5 Å². The van der Waals surface area contributed by atoms with E-state index in [2.05, 4.69) is 13.8 Å². The molecule has 4 rings (SSSR count). The highest BCUT2D eigenvalue weighted by molar-refractivity contribution is 5.95. The summed E-state index contributed by atoms with van der Waals surface area (Å²) in [7, 11) is 0. The highest BCUT2D eigenvalue weighted by Crippen LogP contribution is 2.71. The van der Waals surface area contributed by atoms with Crippen molar-refractivity contribution < 1.29 is 29.6 Å². The van der Waals surface area contributed by atoms with Gasteiger partial charge in [-0.25, -0.2) is 4.79 Å². The molecule has 2 bridgehead atoms. The number of esters is 1. The monoisotopic (exact) mass is 430 g/mol. The molecule has 31 heavy (non-hydrogen) atoms. The maximum Gasteiger partial charge on any atom is 0.334 e. The first kappa shape index (κ1) is 22.4. The van der Waals surface area contributed by atoms with Gasteiger partial charge in [0.1, 0.15) is 6.10 Å². The third-order valence-corrected chi connectivity index (χ3v) is 8.88. The molecule has 0 heterocycles. The molecule has 0 amide bonds. The number of fused-ring (bicyclic) bond motifs is 3. The molecule has 0 aromatic rings. The van der Waals surface area contributed by atoms with E-state index in [1.165, 1.54) is 0 Å². The number of allylic oxidation sites excluding steroid dienone is 2. The summed E-state index contributed by atoms with van der Waals surface area (Å²) < 4.78 is 5.77. The van der Waals surface area contributed by atoms with Crippen LogP contribution in [0.3, 0.4) is 0 Å². The van der Waals surface area contributed by atoms with Gasteiger partial charge in [0.2, 0.25) is 0 Å². The summed E-state index contributed by atoms with van der Waals surface area (Å²) in [6.07, 6.45) is 3.04. The van der Waals surface area contributed by atoms with Crippen LogP contribution in [-0.2, 0) is 14.3 Å². The quantitative estimate of drug-likeness (QED) is 0.361. The lowest BCUT2D eigenvalue weighted by molar-refractivity contribution is -0.202. The highest BCUT2D eigenvalue weighted by atomic mass is 16.6. The van der Waals surface area contributed by atoms with E-state index in [1.807, 2.05) is 6.92 Å². The molecule has 6 heteroatoms. The first-order chi connectivity index (χ1) is 14.4. The Bertz CT molecular complexity index is 926. The molecular weight excluding hydrogens is 396 g/mol. The van der Waals surface area contributed by atoms with E-state index < -0.39 is 41.7 Å². The number of ether oxygens (including phenoxy) is 1. The van der Waals surface area contributed by atoms with Crippen molar-refractivity contribution in [3.05, 3.63) is 34.9 Å². The van der Waals surface area contributed by atoms with Crippen LogP contribution in [-0.4, -0.2) is 51.5 Å². The number of carbonyl (C=O) groups is 2. The Morgan fingerprint density at radius 2 is 2.00 bits per heavy atom. The molecule has 4 aliphatic carbocycles. The van der Waals surface area contributed by atoms with Crippen molar-refractivity contribution in [2.75, 3.05) is 6.61 Å². The van der Waals surface area contributed by atoms with Gasteiger partial charge in [0, 0.05) is 11.5 Å². The first-order valence-electron chi connectivity index (χ1n) is 11.2. The lowest BCUT2D eigenvalue weighted by Crippen LogP contribution is -2.66. The van der Waals surface area contributed by atoms with E-state index in [-0.39, 0.29) is 28.6 Å². The summed E-state index contributed by atoms with van der Waals surface area (Å²) in [6.45, 7) is 10.8. The minimum atomic E-state index is -2.08. The molecule has 8 atom stereocenters. The molecule has 0 aliphatic heterocycles. The second-order valence-corrected chi connectivity index (χ2v) is 10.6. The first-order valence-corrected chi connectivity index (χ1v) is 11.2. The molecule has 6 nitrogen and oxygen atoms in total. The van der Waals surface area contributed by atoms with Crippen molar-refractivity contribution >= 4 is 11.8 Å². The number of carbonyl (C=O) groups excluding carboxylic acids is 2. The van der Waals surface area contributed by atoms with E-state index in [0.29, 0.717) is 17.1 Å². The average Bonchev–Trinajstić information content (AvgIpc) is 3.23. The SMILES string of the molecule is C/C=C(/C)C(=O)O[C@@H]1C(CO)=C[C@H]2C(=O)[C@]3(C=C(C)[C@H](O)[C@@]13O)[C@H](C)C[C@@H]1[C@H]2C1(C)C. The molecule has 0 aromatic carbocycles. The van der Waals surface area contributed by atoms with Gasteiger partial charge in [-0.3, -0.25) is 4.79 Å². The van der Waals surface area contributed by atoms with Crippen LogP contribution < -0.4 is 0 Å². The summed E-state index contributed by atoms with van der Waals surface area (Å²) in [5.74, 6) is -1.18. The Balaban J connectivity index is 1.96. The van der Waals surface area contributed by atoms with E-state index in [0.717, 1.165) is 6.42 Å². The molecular formula is C25H34O6. The Labute approximate surface area is 183 Å². The topological polar surface area (TPSA) is 104 Å². The molecule has 2 saturated carbocycles. The van der Waals surface area contributed by atoms with Gasteiger partial charge in [0.25, 0.3) is 0 Å². The molecule has 0 radical (unpaired) electrons. The summed E-state index contributed by atoms with van der Waals surface area (Å²) in [4.78, 5) is 26.9. The molecule has 4 aliphatic rings. The van der Waals surface area contributed by atoms with Gasteiger partial charge < -0.3 is 20.1 Å². The second kappa shape index (κ2) is 6.87. The van der Waals surface area contributed by atoms with Gasteiger partial charge in [0.05, 0.1) is 12.0 Å². The van der Waals surface area contributed by atoms with Crippen LogP contribution in [0.25, 0.3) is 0 Å². The summed E-state index contributed by atoms with van der Waals surface area (Å²) in [5.41, 5.74) is -2.40. The minimum absolute atomic E-state index is 0.0284. The lowest BCUT2D eigenvalue weighted by Gasteiger charge is -2.49. The van der Waals surface area contributed by atoms with Gasteiger partial charge in [-0.1, -0.05) is 39.0 Å². The standard InChI is InChI=1S/C25H34O6/c1-7-12(2)22(29)31-21-15(11-26)9-16-18-17(23(18,5)6)8-14(4)24(20(16)28)10-13(3)19(27)25(21,24)30/h7,9-10,14,16-19,21,26-27,30H,8,11H2,1-6H3/b12-7-/t14-,16-,17-,18+,19+,21-,24+,25-/m1/s1. The predicted molar refractivity (Wildman–Crippen MR) is 115 cm³/mol. The zero-order chi connectivity index (χ0) is 23.1. The van der Waals surface area contributed by atoms with Gasteiger partial charge in [-0.15, -0.1) is 0 Å². The van der Waals surface area contributed by atoms with E-state index in [1.54, 1.807) is 39.0 Å². The van der Waals surface area contributed by atoms with Gasteiger partial charge in [-0.2, -0.15) is 0 Å². The number of aliphatic hydroxyl groups excluding tert-OH is 2. The maximum absolute atomic E-state index is 14.2. The van der Waals surface area contributed by atoms with Crippen molar-refractivity contribution in [1.82, 2.24) is 0 Å². The van der Waals surface area contributed by atoms with E-state index in [9.17, 15) is 24.9 Å². The molecule has 0 aromatic heterocycles. The zero-order valence-corrected chi connectivity index (χ0v) is 19.2. The van der Waals surface area contributed by atoms with Gasteiger partial charge >= 0.3 is 5.97 Å². The molecule has 2 fully saturated rings. The van der Waals surface area contributed by atoms with Crippen molar-refractivity contribution in [3.63, 3.8) is 0 Å². The van der Waals surface area contributed by atoms with Crippen LogP contribution in [0.2, 0.25) is 0 Å². The van der Waals surface area contributed by atoms with E-state index >= 15 is 0 Å². The van der Waals surface area contributed by atoms with Crippen LogP contribution in [0, 0.1) is 34.5 Å².